The molecule has 0 saturated heterocycles. The fourth-order valence-electron chi connectivity index (χ4n) is 2.58. The number of para-hydroxylation sites is 1. The molecule has 3 aromatic carbocycles. The molecule has 0 aliphatic rings. The molecule has 0 radical (unpaired) electrons. The molecule has 10 heteroatoms. The van der Waals surface area contributed by atoms with Crippen LogP contribution in [0.15, 0.2) is 77.3 Å². The molecule has 0 saturated carbocycles. The Morgan fingerprint density at radius 1 is 0.938 bits per heavy atom. The van der Waals surface area contributed by atoms with Gasteiger partial charge in [0.2, 0.25) is 0 Å². The largest absolute Gasteiger partial charge is 0.322 e. The van der Waals surface area contributed by atoms with Gasteiger partial charge in [-0.15, -0.1) is 0 Å². The van der Waals surface area contributed by atoms with E-state index in [1.165, 1.54) is 32.2 Å². The Morgan fingerprint density at radius 2 is 1.53 bits per heavy atom. The minimum atomic E-state index is -5.17. The molecule has 0 unspecified atom stereocenters. The van der Waals surface area contributed by atoms with Crippen LogP contribution in [-0.2, 0) is 8.53 Å². The summed E-state index contributed by atoms with van der Waals surface area (Å²) in [5, 5.41) is 12.4. The van der Waals surface area contributed by atoms with E-state index in [2.05, 4.69) is 21.2 Å². The van der Waals surface area contributed by atoms with Crippen molar-refractivity contribution < 1.29 is 26.6 Å². The van der Waals surface area contributed by atoms with Gasteiger partial charge in [-0.25, -0.2) is 0 Å². The van der Waals surface area contributed by atoms with Crippen LogP contribution < -0.4 is 14.6 Å². The predicted octanol–water partition coefficient (Wildman–Crippen LogP) is 2.64. The smallest absolute Gasteiger partial charge is 0.255 e. The molecule has 32 heavy (non-hydrogen) atoms. The molecular weight excluding hydrogens is 543 g/mol. The zero-order valence-corrected chi connectivity index (χ0v) is 20.7. The number of hydrogen-bond acceptors (Lipinski definition) is 4. The van der Waals surface area contributed by atoms with E-state index in [9.17, 15) is 18.4 Å². The second-order valence-electron chi connectivity index (χ2n) is 6.59. The van der Waals surface area contributed by atoms with Crippen LogP contribution >= 0.6 is 15.9 Å². The van der Waals surface area contributed by atoms with Crippen molar-refractivity contribution in [2.24, 2.45) is 0 Å². The molecule has 0 fully saturated rings. The Balaban J connectivity index is 0.000000227. The third kappa shape index (κ3) is 7.10. The topological polar surface area (TPSA) is 127 Å². The van der Waals surface area contributed by atoms with Crippen molar-refractivity contribution in [1.82, 2.24) is 0 Å². The summed E-state index contributed by atoms with van der Waals surface area (Å²) in [4.78, 5) is 23.9. The van der Waals surface area contributed by atoms with Crippen molar-refractivity contribution in [2.75, 3.05) is 17.3 Å². The van der Waals surface area contributed by atoms with Crippen molar-refractivity contribution in [2.45, 2.75) is 6.92 Å². The minimum Gasteiger partial charge on any atom is -0.322 e. The van der Waals surface area contributed by atoms with Gasteiger partial charge in [-0.3, -0.25) is 4.79 Å². The van der Waals surface area contributed by atoms with Crippen molar-refractivity contribution >= 4 is 57.6 Å². The Morgan fingerprint density at radius 3 is 2.06 bits per heavy atom. The van der Waals surface area contributed by atoms with E-state index in [1.807, 2.05) is 42.5 Å². The first-order valence-corrected chi connectivity index (χ1v) is 13.4. The van der Waals surface area contributed by atoms with Crippen molar-refractivity contribution in [1.29, 1.82) is 0 Å². The molecule has 0 atom stereocenters. The van der Waals surface area contributed by atoms with Crippen molar-refractivity contribution in [3.05, 3.63) is 82.8 Å². The third-order valence-electron chi connectivity index (χ3n) is 4.25. The molecule has 2 amide bonds. The molecule has 3 rings (SSSR count). The van der Waals surface area contributed by atoms with E-state index in [0.29, 0.717) is 5.56 Å². The number of nitrogens with zero attached hydrogens (tertiary/aromatic N) is 1. The minimum absolute atomic E-state index is 0.0945. The van der Waals surface area contributed by atoms with Gasteiger partial charge in [-0.2, -0.15) is 0 Å². The second-order valence-corrected chi connectivity index (χ2v) is 10.8. The molecule has 0 aliphatic heterocycles. The predicted molar refractivity (Wildman–Crippen MR) is 126 cm³/mol. The fraction of sp³-hybridized carbons (Fsp3) is 0.0909. The average molecular weight is 565 g/mol. The molecule has 0 bridgehead atoms. The Kier molecular flexibility index (Phi) is 8.86. The average Bonchev–Trinajstić information content (AvgIpc) is 2.75. The van der Waals surface area contributed by atoms with Gasteiger partial charge in [0.15, 0.2) is 0 Å². The van der Waals surface area contributed by atoms with Gasteiger partial charge in [0.25, 0.3) is 5.91 Å². The van der Waals surface area contributed by atoms with Crippen LogP contribution in [0, 0.1) is 0 Å². The van der Waals surface area contributed by atoms with Gasteiger partial charge in [0.05, 0.1) is 0 Å². The summed E-state index contributed by atoms with van der Waals surface area (Å²) in [6.45, 7) is 1.24. The second kappa shape index (κ2) is 11.2. The molecule has 0 aromatic heterocycles. The van der Waals surface area contributed by atoms with Crippen molar-refractivity contribution in [3.63, 3.8) is 0 Å². The summed E-state index contributed by atoms with van der Waals surface area (Å²) < 4.78 is 30.2. The number of halogens is 1. The number of carbonyl (C=O) groups excluding carboxylic acids is 2. The van der Waals surface area contributed by atoms with E-state index < -0.39 is 20.1 Å². The number of phenolic OH excluding ortho intramolecular Hbond substituents is 1. The quantitative estimate of drug-likeness (QED) is 0.361. The number of aromatic hydroxyl groups is 1. The molecule has 0 aliphatic carbocycles. The summed E-state index contributed by atoms with van der Waals surface area (Å²) in [5.41, 5.74) is 1.31. The van der Waals surface area contributed by atoms with Gasteiger partial charge >= 0.3 is 94.8 Å². The standard InChI is InChI=1S/C13H10BrNO.C9H12AsNO5/c14-11-6-8-12(9-7-11)15-13(16)10-4-2-1-3-5-10;1-6(12)11(2)9-7(10(14,15)16)4-3-5-8(9)13/h1-9H,(H,15,16);3-5,13H,1-2H3,(H2,14,15,16). The zero-order valence-electron chi connectivity index (χ0n) is 17.3. The number of hydrogen-bond donors (Lipinski definition) is 4. The van der Waals surface area contributed by atoms with Gasteiger partial charge in [-0.1, -0.05) is 34.1 Å². The van der Waals surface area contributed by atoms with Crippen LogP contribution in [-0.4, -0.2) is 46.3 Å². The molecule has 0 heterocycles. The van der Waals surface area contributed by atoms with Crippen molar-refractivity contribution in [3.8, 4) is 5.75 Å². The Bertz CT molecular complexity index is 1130. The van der Waals surface area contributed by atoms with E-state index in [0.717, 1.165) is 15.1 Å². The summed E-state index contributed by atoms with van der Waals surface area (Å²) in [5.74, 6) is -0.852. The molecule has 3 aromatic rings. The number of benzene rings is 3. The maximum Gasteiger partial charge on any atom is 0.255 e. The SMILES string of the molecule is CC(=O)N(C)c1c(O)cccc1[As](=O)(O)O.O=C(Nc1ccc(Br)cc1)c1ccccc1. The monoisotopic (exact) mass is 564 g/mol. The number of nitrogens with one attached hydrogen (secondary N) is 1. The number of phenols is 1. The number of amides is 2. The van der Waals surface area contributed by atoms with Gasteiger partial charge in [0.1, 0.15) is 0 Å². The van der Waals surface area contributed by atoms with E-state index in [-0.39, 0.29) is 21.7 Å². The van der Waals surface area contributed by atoms with Crippen LogP contribution in [0.2, 0.25) is 0 Å². The molecule has 8 nitrogen and oxygen atoms in total. The maximum atomic E-state index is 11.8. The maximum absolute atomic E-state index is 11.8. The molecular formula is C22H22AsBrN2O6. The molecule has 0 spiro atoms. The first kappa shape index (κ1) is 25.4. The normalized spacial score (nSPS) is 10.5. The van der Waals surface area contributed by atoms with Gasteiger partial charge < -0.3 is 5.32 Å². The van der Waals surface area contributed by atoms with Crippen LogP contribution in [0.1, 0.15) is 17.3 Å². The summed E-state index contributed by atoms with van der Waals surface area (Å²) in [7, 11) is 1.34. The van der Waals surface area contributed by atoms with E-state index in [4.69, 9.17) is 8.19 Å². The molecule has 4 N–H and O–H groups in total. The van der Waals surface area contributed by atoms with E-state index in [1.54, 1.807) is 12.1 Å². The number of carbonyl (C=O) groups is 2. The first-order valence-electron chi connectivity index (χ1n) is 9.25. The van der Waals surface area contributed by atoms with Crippen LogP contribution in [0.5, 0.6) is 5.75 Å². The Labute approximate surface area is 196 Å². The zero-order chi connectivity index (χ0) is 23.9. The van der Waals surface area contributed by atoms with Crippen LogP contribution in [0.4, 0.5) is 11.4 Å². The van der Waals surface area contributed by atoms with E-state index >= 15 is 0 Å². The van der Waals surface area contributed by atoms with Gasteiger partial charge in [0, 0.05) is 15.7 Å². The number of rotatable bonds is 4. The summed E-state index contributed by atoms with van der Waals surface area (Å²) >= 11 is -1.82. The molecule has 168 valence electrons. The van der Waals surface area contributed by atoms with Gasteiger partial charge in [-0.05, 0) is 36.4 Å². The fourth-order valence-corrected chi connectivity index (χ4v) is 4.57. The summed E-state index contributed by atoms with van der Waals surface area (Å²) in [6, 6.07) is 20.4. The summed E-state index contributed by atoms with van der Waals surface area (Å²) in [6.07, 6.45) is 0. The Hall–Kier alpha value is -2.84. The van der Waals surface area contributed by atoms with Crippen LogP contribution in [0.3, 0.4) is 0 Å². The number of anilines is 2. The third-order valence-corrected chi connectivity index (χ3v) is 6.86. The first-order chi connectivity index (χ1) is 15.0. The van der Waals surface area contributed by atoms with Crippen LogP contribution in [0.25, 0.3) is 0 Å².